The van der Waals surface area contributed by atoms with Crippen LogP contribution in [0.4, 0.5) is 5.69 Å². The highest BCUT2D eigenvalue weighted by atomic mass is 16.3. The van der Waals surface area contributed by atoms with Gasteiger partial charge in [0.05, 0.1) is 6.61 Å². The van der Waals surface area contributed by atoms with Crippen molar-refractivity contribution in [3.63, 3.8) is 0 Å². The minimum absolute atomic E-state index is 0.120. The van der Waals surface area contributed by atoms with Gasteiger partial charge in [0.2, 0.25) is 0 Å². The van der Waals surface area contributed by atoms with Gasteiger partial charge in [-0.2, -0.15) is 0 Å². The molecule has 0 aliphatic rings. The van der Waals surface area contributed by atoms with E-state index in [4.69, 9.17) is 5.11 Å². The lowest BCUT2D eigenvalue weighted by Gasteiger charge is -2.25. The van der Waals surface area contributed by atoms with Crippen molar-refractivity contribution in [3.05, 3.63) is 29.8 Å². The molecule has 84 valence electrons. The Bertz CT molecular complexity index is 297. The molecule has 0 saturated carbocycles. The Morgan fingerprint density at radius 3 is 2.60 bits per heavy atom. The Morgan fingerprint density at radius 2 is 2.07 bits per heavy atom. The number of aliphatic hydroxyl groups excluding tert-OH is 1. The second kappa shape index (κ2) is 5.73. The molecule has 0 heterocycles. The predicted molar refractivity (Wildman–Crippen MR) is 64.4 cm³/mol. The number of benzene rings is 1. The zero-order valence-corrected chi connectivity index (χ0v) is 9.70. The Kier molecular flexibility index (Phi) is 4.59. The van der Waals surface area contributed by atoms with E-state index in [1.807, 2.05) is 26.2 Å². The first-order valence-electron chi connectivity index (χ1n) is 5.24. The minimum Gasteiger partial charge on any atom is -0.395 e. The second-order valence-electron chi connectivity index (χ2n) is 3.84. The Morgan fingerprint density at radius 1 is 1.40 bits per heavy atom. The summed E-state index contributed by atoms with van der Waals surface area (Å²) in [6.07, 6.45) is 0. The number of aryl methyl sites for hydroxylation is 1. The summed E-state index contributed by atoms with van der Waals surface area (Å²) in [6, 6.07) is 8.38. The van der Waals surface area contributed by atoms with Crippen LogP contribution in [0, 0.1) is 6.92 Å². The van der Waals surface area contributed by atoms with Crippen LogP contribution in [0.2, 0.25) is 0 Å². The van der Waals surface area contributed by atoms with Crippen LogP contribution >= 0.6 is 0 Å². The molecular formula is C12H20N2O. The summed E-state index contributed by atoms with van der Waals surface area (Å²) < 4.78 is 0. The van der Waals surface area contributed by atoms with Gasteiger partial charge in [-0.3, -0.25) is 0 Å². The van der Waals surface area contributed by atoms with Gasteiger partial charge in [-0.15, -0.1) is 0 Å². The van der Waals surface area contributed by atoms with Gasteiger partial charge >= 0.3 is 0 Å². The zero-order chi connectivity index (χ0) is 11.3. The van der Waals surface area contributed by atoms with Gasteiger partial charge in [-0.1, -0.05) is 18.2 Å². The van der Waals surface area contributed by atoms with Crippen LogP contribution in [0.3, 0.4) is 0 Å². The molecule has 1 aromatic rings. The van der Waals surface area contributed by atoms with E-state index in [0.717, 1.165) is 6.54 Å². The number of anilines is 1. The standard InChI is InChI=1S/C12H20N2O/c1-10-6-4-5-7-12(10)14(3)8-11(9-15)13-2/h4-7,11,13,15H,8-9H2,1-3H3. The van der Waals surface area contributed by atoms with Crippen molar-refractivity contribution < 1.29 is 5.11 Å². The number of hydrogen-bond acceptors (Lipinski definition) is 3. The minimum atomic E-state index is 0.120. The summed E-state index contributed by atoms with van der Waals surface area (Å²) in [6.45, 7) is 3.06. The summed E-state index contributed by atoms with van der Waals surface area (Å²) in [5.74, 6) is 0. The average Bonchev–Trinajstić information content (AvgIpc) is 2.26. The van der Waals surface area contributed by atoms with E-state index in [2.05, 4.69) is 29.3 Å². The fourth-order valence-corrected chi connectivity index (χ4v) is 1.66. The maximum absolute atomic E-state index is 9.10. The normalized spacial score (nSPS) is 12.5. The third-order valence-corrected chi connectivity index (χ3v) is 2.65. The number of para-hydroxylation sites is 1. The first kappa shape index (κ1) is 12.0. The molecule has 0 amide bonds. The molecule has 0 saturated heterocycles. The monoisotopic (exact) mass is 208 g/mol. The molecule has 0 aromatic heterocycles. The number of rotatable bonds is 5. The first-order chi connectivity index (χ1) is 7.19. The number of likely N-dealkylation sites (N-methyl/N-ethyl adjacent to an activating group) is 2. The molecule has 1 atom stereocenters. The molecule has 1 rings (SSSR count). The van der Waals surface area contributed by atoms with E-state index in [0.29, 0.717) is 0 Å². The first-order valence-corrected chi connectivity index (χ1v) is 5.24. The second-order valence-corrected chi connectivity index (χ2v) is 3.84. The molecule has 15 heavy (non-hydrogen) atoms. The molecule has 0 radical (unpaired) electrons. The van der Waals surface area contributed by atoms with Crippen molar-refractivity contribution in [2.24, 2.45) is 0 Å². The van der Waals surface area contributed by atoms with E-state index >= 15 is 0 Å². The van der Waals surface area contributed by atoms with Gasteiger partial charge in [-0.05, 0) is 25.6 Å². The lowest BCUT2D eigenvalue weighted by Crippen LogP contribution is -2.40. The van der Waals surface area contributed by atoms with Crippen LogP contribution in [0.15, 0.2) is 24.3 Å². The molecule has 0 fully saturated rings. The molecule has 3 nitrogen and oxygen atoms in total. The van der Waals surface area contributed by atoms with Gasteiger partial charge in [0.1, 0.15) is 0 Å². The fraction of sp³-hybridized carbons (Fsp3) is 0.500. The summed E-state index contributed by atoms with van der Waals surface area (Å²) in [4.78, 5) is 2.16. The molecule has 0 aliphatic carbocycles. The van der Waals surface area contributed by atoms with Crippen molar-refractivity contribution in [2.45, 2.75) is 13.0 Å². The molecule has 0 aliphatic heterocycles. The van der Waals surface area contributed by atoms with E-state index in [1.54, 1.807) is 0 Å². The predicted octanol–water partition coefficient (Wildman–Crippen LogP) is 1.01. The number of nitrogens with one attached hydrogen (secondary N) is 1. The SMILES string of the molecule is CNC(CO)CN(C)c1ccccc1C. The molecule has 0 spiro atoms. The van der Waals surface area contributed by atoms with Crippen molar-refractivity contribution >= 4 is 5.69 Å². The summed E-state index contributed by atoms with van der Waals surface area (Å²) >= 11 is 0. The van der Waals surface area contributed by atoms with Crippen molar-refractivity contribution in [1.29, 1.82) is 0 Å². The van der Waals surface area contributed by atoms with Crippen molar-refractivity contribution in [3.8, 4) is 0 Å². The largest absolute Gasteiger partial charge is 0.395 e. The lowest BCUT2D eigenvalue weighted by atomic mass is 10.1. The molecule has 1 unspecified atom stereocenters. The maximum Gasteiger partial charge on any atom is 0.0601 e. The number of nitrogens with zero attached hydrogens (tertiary/aromatic N) is 1. The molecule has 3 heteroatoms. The fourth-order valence-electron chi connectivity index (χ4n) is 1.66. The summed E-state index contributed by atoms with van der Waals surface area (Å²) in [5.41, 5.74) is 2.47. The molecule has 2 N–H and O–H groups in total. The molecule has 1 aromatic carbocycles. The van der Waals surface area contributed by atoms with Crippen LogP contribution < -0.4 is 10.2 Å². The zero-order valence-electron chi connectivity index (χ0n) is 9.70. The van der Waals surface area contributed by atoms with Gasteiger partial charge in [0.15, 0.2) is 0 Å². The van der Waals surface area contributed by atoms with E-state index < -0.39 is 0 Å². The Labute approximate surface area is 91.7 Å². The maximum atomic E-state index is 9.10. The Balaban J connectivity index is 2.68. The van der Waals surface area contributed by atoms with Gasteiger partial charge < -0.3 is 15.3 Å². The highest BCUT2D eigenvalue weighted by molar-refractivity contribution is 5.52. The van der Waals surface area contributed by atoms with Crippen LogP contribution in [0.25, 0.3) is 0 Å². The summed E-state index contributed by atoms with van der Waals surface area (Å²) in [7, 11) is 3.91. The molecular weight excluding hydrogens is 188 g/mol. The lowest BCUT2D eigenvalue weighted by molar-refractivity contribution is 0.251. The third-order valence-electron chi connectivity index (χ3n) is 2.65. The van der Waals surface area contributed by atoms with Crippen LogP contribution in [0.1, 0.15) is 5.56 Å². The highest BCUT2D eigenvalue weighted by Gasteiger charge is 2.09. The smallest absolute Gasteiger partial charge is 0.0601 e. The van der Waals surface area contributed by atoms with Crippen molar-refractivity contribution in [1.82, 2.24) is 5.32 Å². The number of aliphatic hydroxyl groups is 1. The van der Waals surface area contributed by atoms with Gasteiger partial charge in [0.25, 0.3) is 0 Å². The topological polar surface area (TPSA) is 35.5 Å². The van der Waals surface area contributed by atoms with Crippen molar-refractivity contribution in [2.75, 3.05) is 32.1 Å². The summed E-state index contributed by atoms with van der Waals surface area (Å²) in [5, 5.41) is 12.2. The number of hydrogen-bond donors (Lipinski definition) is 2. The Hall–Kier alpha value is -1.06. The van der Waals surface area contributed by atoms with E-state index in [9.17, 15) is 0 Å². The van der Waals surface area contributed by atoms with E-state index in [1.165, 1.54) is 11.3 Å². The van der Waals surface area contributed by atoms with Crippen LogP contribution in [0.5, 0.6) is 0 Å². The average molecular weight is 208 g/mol. The quantitative estimate of drug-likeness (QED) is 0.758. The van der Waals surface area contributed by atoms with Crippen LogP contribution in [-0.2, 0) is 0 Å². The van der Waals surface area contributed by atoms with Gasteiger partial charge in [0, 0.05) is 25.3 Å². The highest BCUT2D eigenvalue weighted by Crippen LogP contribution is 2.17. The molecule has 0 bridgehead atoms. The van der Waals surface area contributed by atoms with Crippen LogP contribution in [-0.4, -0.2) is 38.4 Å². The van der Waals surface area contributed by atoms with Gasteiger partial charge in [-0.25, -0.2) is 0 Å². The van der Waals surface area contributed by atoms with E-state index in [-0.39, 0.29) is 12.6 Å². The third kappa shape index (κ3) is 3.22.